The molecule has 1 saturated heterocycles. The molecule has 1 atom stereocenters. The lowest BCUT2D eigenvalue weighted by Gasteiger charge is -2.32. The van der Waals surface area contributed by atoms with Gasteiger partial charge in [0.25, 0.3) is 0 Å². The molecular formula is C14H16Cl2N2O2. The van der Waals surface area contributed by atoms with Crippen LogP contribution in [0.2, 0.25) is 10.0 Å². The van der Waals surface area contributed by atoms with Gasteiger partial charge >= 0.3 is 0 Å². The molecule has 1 aromatic rings. The summed E-state index contributed by atoms with van der Waals surface area (Å²) in [5, 5.41) is 3.88. The molecule has 1 N–H and O–H groups in total. The lowest BCUT2D eigenvalue weighted by molar-refractivity contribution is -0.142. The predicted molar refractivity (Wildman–Crippen MR) is 79.0 cm³/mol. The lowest BCUT2D eigenvalue weighted by atomic mass is 10.1. The Morgan fingerprint density at radius 3 is 2.90 bits per heavy atom. The molecule has 0 spiro atoms. The van der Waals surface area contributed by atoms with Gasteiger partial charge in [0.15, 0.2) is 0 Å². The Kier molecular flexibility index (Phi) is 4.89. The van der Waals surface area contributed by atoms with Gasteiger partial charge in [-0.05, 0) is 31.0 Å². The standard InChI is InChI=1S/C14H16Cl2N2O2/c1-9-14(20)17-6-7-18(9)13(19)5-3-10-2-4-11(15)8-12(10)16/h2,4,8-9H,3,5-7H2,1H3,(H,17,20). The van der Waals surface area contributed by atoms with Gasteiger partial charge in [-0.15, -0.1) is 0 Å². The number of nitrogens with zero attached hydrogens (tertiary/aromatic N) is 1. The number of carbonyl (C=O) groups is 2. The van der Waals surface area contributed by atoms with Crippen LogP contribution in [0, 0.1) is 0 Å². The summed E-state index contributed by atoms with van der Waals surface area (Å²) in [7, 11) is 0. The van der Waals surface area contributed by atoms with E-state index >= 15 is 0 Å². The third-order valence-electron chi connectivity index (χ3n) is 3.44. The van der Waals surface area contributed by atoms with E-state index in [9.17, 15) is 9.59 Å². The van der Waals surface area contributed by atoms with Crippen LogP contribution in [0.15, 0.2) is 18.2 Å². The van der Waals surface area contributed by atoms with Crippen LogP contribution < -0.4 is 5.32 Å². The molecule has 0 bridgehead atoms. The van der Waals surface area contributed by atoms with Crippen molar-refractivity contribution in [2.45, 2.75) is 25.8 Å². The van der Waals surface area contributed by atoms with Crippen LogP contribution in [0.4, 0.5) is 0 Å². The summed E-state index contributed by atoms with van der Waals surface area (Å²) in [5.74, 6) is -0.132. The number of aryl methyl sites for hydroxylation is 1. The summed E-state index contributed by atoms with van der Waals surface area (Å²) in [6.07, 6.45) is 0.874. The van der Waals surface area contributed by atoms with E-state index in [1.165, 1.54) is 0 Å². The van der Waals surface area contributed by atoms with Crippen molar-refractivity contribution in [3.8, 4) is 0 Å². The van der Waals surface area contributed by atoms with Crippen molar-refractivity contribution in [3.05, 3.63) is 33.8 Å². The molecule has 0 aliphatic carbocycles. The van der Waals surface area contributed by atoms with Crippen molar-refractivity contribution in [1.29, 1.82) is 0 Å². The Labute approximate surface area is 128 Å². The maximum Gasteiger partial charge on any atom is 0.242 e. The van der Waals surface area contributed by atoms with Crippen LogP contribution in [-0.2, 0) is 16.0 Å². The monoisotopic (exact) mass is 314 g/mol. The smallest absolute Gasteiger partial charge is 0.242 e. The number of rotatable bonds is 3. The van der Waals surface area contributed by atoms with Gasteiger partial charge in [-0.3, -0.25) is 9.59 Å². The molecular weight excluding hydrogens is 299 g/mol. The summed E-state index contributed by atoms with van der Waals surface area (Å²) in [6.45, 7) is 2.80. The molecule has 0 aromatic heterocycles. The minimum absolute atomic E-state index is 0.0293. The topological polar surface area (TPSA) is 49.4 Å². The van der Waals surface area contributed by atoms with E-state index in [2.05, 4.69) is 5.32 Å². The van der Waals surface area contributed by atoms with Gasteiger partial charge in [0, 0.05) is 29.6 Å². The Morgan fingerprint density at radius 1 is 1.45 bits per heavy atom. The zero-order chi connectivity index (χ0) is 14.7. The third-order valence-corrected chi connectivity index (χ3v) is 4.03. The van der Waals surface area contributed by atoms with Gasteiger partial charge in [-0.25, -0.2) is 0 Å². The number of benzene rings is 1. The van der Waals surface area contributed by atoms with Crippen LogP contribution in [0.1, 0.15) is 18.9 Å². The number of carbonyl (C=O) groups excluding carboxylic acids is 2. The molecule has 1 aliphatic heterocycles. The molecule has 1 fully saturated rings. The average Bonchev–Trinajstić information content (AvgIpc) is 2.40. The van der Waals surface area contributed by atoms with Crippen LogP contribution in [-0.4, -0.2) is 35.8 Å². The minimum atomic E-state index is -0.406. The molecule has 1 aromatic carbocycles. The number of nitrogens with one attached hydrogen (secondary N) is 1. The van der Waals surface area contributed by atoms with E-state index in [-0.39, 0.29) is 11.8 Å². The Hall–Kier alpha value is -1.26. The fourth-order valence-corrected chi connectivity index (χ4v) is 2.74. The zero-order valence-electron chi connectivity index (χ0n) is 11.2. The third kappa shape index (κ3) is 3.44. The summed E-state index contributed by atoms with van der Waals surface area (Å²) < 4.78 is 0. The van der Waals surface area contributed by atoms with Gasteiger partial charge in [0.1, 0.15) is 6.04 Å². The molecule has 1 heterocycles. The summed E-state index contributed by atoms with van der Waals surface area (Å²) in [6, 6.07) is 4.84. The number of piperazine rings is 1. The number of hydrogen-bond acceptors (Lipinski definition) is 2. The van der Waals surface area contributed by atoms with Crippen molar-refractivity contribution in [1.82, 2.24) is 10.2 Å². The van der Waals surface area contributed by atoms with Crippen molar-refractivity contribution >= 4 is 35.0 Å². The average molecular weight is 315 g/mol. The van der Waals surface area contributed by atoms with Crippen molar-refractivity contribution in [2.75, 3.05) is 13.1 Å². The Morgan fingerprint density at radius 2 is 2.20 bits per heavy atom. The molecule has 0 saturated carbocycles. The van der Waals surface area contributed by atoms with Gasteiger partial charge in [-0.2, -0.15) is 0 Å². The van der Waals surface area contributed by atoms with E-state index in [4.69, 9.17) is 23.2 Å². The zero-order valence-corrected chi connectivity index (χ0v) is 12.7. The quantitative estimate of drug-likeness (QED) is 0.930. The van der Waals surface area contributed by atoms with Gasteiger partial charge < -0.3 is 10.2 Å². The van der Waals surface area contributed by atoms with Crippen molar-refractivity contribution in [3.63, 3.8) is 0 Å². The Bertz CT molecular complexity index is 534. The highest BCUT2D eigenvalue weighted by atomic mass is 35.5. The van der Waals surface area contributed by atoms with E-state index in [0.717, 1.165) is 5.56 Å². The first kappa shape index (κ1) is 15.1. The molecule has 1 aliphatic rings. The van der Waals surface area contributed by atoms with Crippen LogP contribution in [0.5, 0.6) is 0 Å². The van der Waals surface area contributed by atoms with Crippen LogP contribution >= 0.6 is 23.2 Å². The first-order valence-electron chi connectivity index (χ1n) is 6.50. The van der Waals surface area contributed by atoms with E-state index in [0.29, 0.717) is 36.0 Å². The van der Waals surface area contributed by atoms with Gasteiger partial charge in [0.05, 0.1) is 0 Å². The SMILES string of the molecule is CC1C(=O)NCCN1C(=O)CCc1ccc(Cl)cc1Cl. The number of amides is 2. The molecule has 6 heteroatoms. The van der Waals surface area contributed by atoms with Crippen LogP contribution in [0.3, 0.4) is 0 Å². The maximum absolute atomic E-state index is 12.2. The number of hydrogen-bond donors (Lipinski definition) is 1. The fourth-order valence-electron chi connectivity index (χ4n) is 2.23. The molecule has 1 unspecified atom stereocenters. The first-order valence-corrected chi connectivity index (χ1v) is 7.25. The summed E-state index contributed by atoms with van der Waals surface area (Å²) >= 11 is 11.9. The molecule has 108 valence electrons. The summed E-state index contributed by atoms with van der Waals surface area (Å²) in [4.78, 5) is 25.3. The molecule has 2 rings (SSSR count). The summed E-state index contributed by atoms with van der Waals surface area (Å²) in [5.41, 5.74) is 0.888. The second-order valence-corrected chi connectivity index (χ2v) is 5.63. The lowest BCUT2D eigenvalue weighted by Crippen LogP contribution is -2.55. The maximum atomic E-state index is 12.2. The predicted octanol–water partition coefficient (Wildman–Crippen LogP) is 2.27. The first-order chi connectivity index (χ1) is 9.49. The normalized spacial score (nSPS) is 18.9. The highest BCUT2D eigenvalue weighted by Crippen LogP contribution is 2.22. The minimum Gasteiger partial charge on any atom is -0.353 e. The second-order valence-electron chi connectivity index (χ2n) is 4.79. The van der Waals surface area contributed by atoms with Gasteiger partial charge in [-0.1, -0.05) is 29.3 Å². The molecule has 4 nitrogen and oxygen atoms in total. The second kappa shape index (κ2) is 6.46. The molecule has 20 heavy (non-hydrogen) atoms. The molecule has 2 amide bonds. The van der Waals surface area contributed by atoms with E-state index in [1.807, 2.05) is 6.07 Å². The Balaban J connectivity index is 1.96. The van der Waals surface area contributed by atoms with E-state index < -0.39 is 6.04 Å². The van der Waals surface area contributed by atoms with Crippen LogP contribution in [0.25, 0.3) is 0 Å². The largest absolute Gasteiger partial charge is 0.353 e. The molecule has 0 radical (unpaired) electrons. The highest BCUT2D eigenvalue weighted by molar-refractivity contribution is 6.35. The van der Waals surface area contributed by atoms with Crippen molar-refractivity contribution < 1.29 is 9.59 Å². The highest BCUT2D eigenvalue weighted by Gasteiger charge is 2.28. The van der Waals surface area contributed by atoms with Gasteiger partial charge in [0.2, 0.25) is 11.8 Å². The van der Waals surface area contributed by atoms with E-state index in [1.54, 1.807) is 24.0 Å². The number of halogens is 2. The van der Waals surface area contributed by atoms with Crippen molar-refractivity contribution in [2.24, 2.45) is 0 Å². The fraction of sp³-hybridized carbons (Fsp3) is 0.429.